The van der Waals surface area contributed by atoms with Gasteiger partial charge in [0.05, 0.1) is 0 Å². The van der Waals surface area contributed by atoms with Gasteiger partial charge in [-0.25, -0.2) is 0 Å². The zero-order valence-electron chi connectivity index (χ0n) is 18.9. The van der Waals surface area contributed by atoms with Gasteiger partial charge < -0.3 is 15.6 Å². The fourth-order valence-electron chi connectivity index (χ4n) is 6.35. The molecular weight excluding hydrogens is 400 g/mol. The van der Waals surface area contributed by atoms with Crippen LogP contribution in [0, 0.1) is 17.4 Å². The number of aromatic amines is 1. The van der Waals surface area contributed by atoms with E-state index in [1.165, 1.54) is 34.9 Å². The summed E-state index contributed by atoms with van der Waals surface area (Å²) in [5.74, 6) is 2.03. The van der Waals surface area contributed by atoms with Crippen molar-refractivity contribution in [2.45, 2.75) is 76.2 Å². The molecule has 4 atom stereocenters. The average Bonchev–Trinajstić information content (AvgIpc) is 3.56. The number of piperidine rings is 1. The summed E-state index contributed by atoms with van der Waals surface area (Å²) in [6.45, 7) is 3.02. The third-order valence-corrected chi connectivity index (χ3v) is 8.03. The molecule has 4 N–H and O–H groups in total. The van der Waals surface area contributed by atoms with Crippen molar-refractivity contribution in [2.24, 2.45) is 27.9 Å². The number of nitrogens with zero attached hydrogens (tertiary/aromatic N) is 3. The van der Waals surface area contributed by atoms with E-state index < -0.39 is 0 Å². The van der Waals surface area contributed by atoms with Crippen molar-refractivity contribution >= 4 is 22.6 Å². The Balaban J connectivity index is 1.34. The molecular formula is C25H34N6O. The molecule has 7 nitrogen and oxygen atoms in total. The lowest BCUT2D eigenvalue weighted by Crippen LogP contribution is -2.54. The maximum absolute atomic E-state index is 13.5. The predicted molar refractivity (Wildman–Crippen MR) is 126 cm³/mol. The van der Waals surface area contributed by atoms with E-state index in [4.69, 9.17) is 11.3 Å². The van der Waals surface area contributed by atoms with Gasteiger partial charge >= 0.3 is 0 Å². The quantitative estimate of drug-likeness (QED) is 0.250. The number of rotatable bonds is 6. The molecule has 4 unspecified atom stereocenters. The summed E-state index contributed by atoms with van der Waals surface area (Å²) in [5, 5.41) is 8.32. The molecule has 32 heavy (non-hydrogen) atoms. The fraction of sp³-hybridized carbons (Fsp3) is 0.600. The summed E-state index contributed by atoms with van der Waals surface area (Å²) in [4.78, 5) is 19.1. The van der Waals surface area contributed by atoms with Crippen LogP contribution in [0.2, 0.25) is 0 Å². The van der Waals surface area contributed by atoms with E-state index in [1.54, 1.807) is 0 Å². The molecule has 1 aromatic carbocycles. The number of fused-ring (bicyclic) bond motifs is 2. The number of aromatic nitrogens is 1. The van der Waals surface area contributed by atoms with Gasteiger partial charge in [0.2, 0.25) is 5.91 Å². The number of H-pyrrole nitrogens is 1. The number of carbonyl (C=O) groups excluding carboxylic acids is 1. The highest BCUT2D eigenvalue weighted by molar-refractivity contribution is 5.89. The fourth-order valence-corrected chi connectivity index (χ4v) is 6.35. The molecule has 7 heteroatoms. The number of amides is 1. The van der Waals surface area contributed by atoms with Crippen LogP contribution in [0.5, 0.6) is 0 Å². The number of likely N-dealkylation sites (tertiary alicyclic amines) is 1. The first-order valence-electron chi connectivity index (χ1n) is 12.2. The third-order valence-electron chi connectivity index (χ3n) is 8.03. The molecule has 1 aliphatic heterocycles. The molecule has 5 rings (SSSR count). The van der Waals surface area contributed by atoms with Crippen molar-refractivity contribution in [3.63, 3.8) is 0 Å². The maximum Gasteiger partial charge on any atom is 0.223 e. The van der Waals surface area contributed by atoms with Gasteiger partial charge in [-0.2, -0.15) is 5.53 Å². The van der Waals surface area contributed by atoms with Gasteiger partial charge in [0.25, 0.3) is 0 Å². The number of benzene rings is 1. The lowest BCUT2D eigenvalue weighted by molar-refractivity contribution is -0.138. The largest absolute Gasteiger partial charge is 0.385 e. The Morgan fingerprint density at radius 2 is 2.09 bits per heavy atom. The summed E-state index contributed by atoms with van der Waals surface area (Å²) in [6, 6.07) is 6.78. The third kappa shape index (κ3) is 3.82. The molecule has 1 aromatic heterocycles. The number of amidine groups is 1. The molecule has 1 saturated heterocycles. The smallest absolute Gasteiger partial charge is 0.223 e. The second-order valence-corrected chi connectivity index (χ2v) is 10.0. The minimum absolute atomic E-state index is 0.130. The van der Waals surface area contributed by atoms with Crippen molar-refractivity contribution in [2.75, 3.05) is 6.54 Å². The molecule has 0 bridgehead atoms. The Labute approximate surface area is 189 Å². The standard InChI is InChI=1S/C25H34N6O/c1-15(20-14-28-21-8-2-5-17(24(20)21)16-10-11-16)13-23(32)31-12-4-7-18-19(25(26)29-30-27)6-3-9-22(18)31/h2,5,8,14-16,18-19,22,28H,3-4,6-7,9-13H2,1H3,(H3,26,27,29). The zero-order chi connectivity index (χ0) is 22.2. The number of nitrogens with two attached hydrogens (primary N) is 1. The van der Waals surface area contributed by atoms with Gasteiger partial charge in [0.15, 0.2) is 0 Å². The van der Waals surface area contributed by atoms with E-state index in [-0.39, 0.29) is 23.8 Å². The Bertz CT molecular complexity index is 1040. The van der Waals surface area contributed by atoms with Crippen molar-refractivity contribution in [1.82, 2.24) is 9.88 Å². The molecule has 0 spiro atoms. The molecule has 3 aliphatic rings. The summed E-state index contributed by atoms with van der Waals surface area (Å²) in [7, 11) is 0. The number of hydrogen-bond donors (Lipinski definition) is 3. The van der Waals surface area contributed by atoms with Crippen LogP contribution in [0.1, 0.15) is 81.3 Å². The topological polar surface area (TPSA) is 111 Å². The monoisotopic (exact) mass is 434 g/mol. The summed E-state index contributed by atoms with van der Waals surface area (Å²) < 4.78 is 0. The molecule has 2 saturated carbocycles. The lowest BCUT2D eigenvalue weighted by Gasteiger charge is -2.47. The second-order valence-electron chi connectivity index (χ2n) is 10.0. The van der Waals surface area contributed by atoms with Crippen molar-refractivity contribution < 1.29 is 4.79 Å². The van der Waals surface area contributed by atoms with Gasteiger partial charge in [-0.3, -0.25) is 4.79 Å². The zero-order valence-corrected chi connectivity index (χ0v) is 18.9. The van der Waals surface area contributed by atoms with Crippen molar-refractivity contribution in [3.8, 4) is 0 Å². The van der Waals surface area contributed by atoms with Crippen molar-refractivity contribution in [3.05, 3.63) is 35.5 Å². The van der Waals surface area contributed by atoms with E-state index in [2.05, 4.69) is 51.5 Å². The first-order chi connectivity index (χ1) is 15.6. The van der Waals surface area contributed by atoms with Crippen LogP contribution < -0.4 is 5.73 Å². The summed E-state index contributed by atoms with van der Waals surface area (Å²) >= 11 is 0. The normalized spacial score (nSPS) is 27.2. The summed E-state index contributed by atoms with van der Waals surface area (Å²) in [6.07, 6.45) is 10.3. The van der Waals surface area contributed by atoms with E-state index in [1.807, 2.05) is 0 Å². The van der Waals surface area contributed by atoms with Crippen LogP contribution >= 0.6 is 0 Å². The molecule has 3 fully saturated rings. The first kappa shape index (κ1) is 21.2. The minimum atomic E-state index is 0.130. The average molecular weight is 435 g/mol. The maximum atomic E-state index is 13.5. The Hall–Kier alpha value is -2.70. The number of carbonyl (C=O) groups is 1. The Morgan fingerprint density at radius 1 is 1.25 bits per heavy atom. The Morgan fingerprint density at radius 3 is 2.88 bits per heavy atom. The second kappa shape index (κ2) is 8.68. The van der Waals surface area contributed by atoms with E-state index in [0.717, 1.165) is 38.6 Å². The predicted octanol–water partition coefficient (Wildman–Crippen LogP) is 5.25. The van der Waals surface area contributed by atoms with E-state index in [9.17, 15) is 4.79 Å². The Kier molecular flexibility index (Phi) is 5.74. The van der Waals surface area contributed by atoms with Gasteiger partial charge in [-0.15, -0.1) is 5.10 Å². The molecule has 2 heterocycles. The first-order valence-corrected chi connectivity index (χ1v) is 12.2. The van der Waals surface area contributed by atoms with E-state index in [0.29, 0.717) is 24.1 Å². The molecule has 2 aromatic rings. The van der Waals surface area contributed by atoms with Crippen molar-refractivity contribution in [1.29, 1.82) is 5.53 Å². The van der Waals surface area contributed by atoms with Crippen LogP contribution in [-0.2, 0) is 4.79 Å². The highest BCUT2D eigenvalue weighted by Crippen LogP contribution is 2.45. The molecule has 1 amide bonds. The van der Waals surface area contributed by atoms with Gasteiger partial charge in [0.1, 0.15) is 5.84 Å². The van der Waals surface area contributed by atoms with Gasteiger partial charge in [0, 0.05) is 42.0 Å². The van der Waals surface area contributed by atoms with Crippen LogP contribution in [0.15, 0.2) is 34.7 Å². The molecule has 2 aliphatic carbocycles. The number of hydrogen-bond acceptors (Lipinski definition) is 3. The number of nitrogens with one attached hydrogen (secondary N) is 2. The minimum Gasteiger partial charge on any atom is -0.385 e. The SMILES string of the molecule is CC(CC(=O)N1CCCC2C(C(N)=NN=N)CCCC21)c1c[nH]c2cccc(C3CC3)c12. The van der Waals surface area contributed by atoms with Crippen LogP contribution in [-0.4, -0.2) is 34.2 Å². The summed E-state index contributed by atoms with van der Waals surface area (Å²) in [5.41, 5.74) is 17.1. The van der Waals surface area contributed by atoms with Gasteiger partial charge in [-0.1, -0.05) is 30.7 Å². The van der Waals surface area contributed by atoms with Crippen LogP contribution in [0.3, 0.4) is 0 Å². The highest BCUT2D eigenvalue weighted by atomic mass is 16.2. The van der Waals surface area contributed by atoms with Crippen LogP contribution in [0.25, 0.3) is 10.9 Å². The van der Waals surface area contributed by atoms with E-state index >= 15 is 0 Å². The van der Waals surface area contributed by atoms with Crippen LogP contribution in [0.4, 0.5) is 0 Å². The lowest BCUT2D eigenvalue weighted by atomic mass is 9.70. The molecule has 0 radical (unpaired) electrons. The van der Waals surface area contributed by atoms with Gasteiger partial charge in [-0.05, 0) is 73.5 Å². The molecule has 170 valence electrons. The highest BCUT2D eigenvalue weighted by Gasteiger charge is 2.42.